The van der Waals surface area contributed by atoms with Crippen molar-refractivity contribution >= 4 is 75.9 Å². The van der Waals surface area contributed by atoms with Crippen molar-refractivity contribution in [1.29, 1.82) is 0 Å². The summed E-state index contributed by atoms with van der Waals surface area (Å²) in [6.45, 7) is 0. The molecule has 0 atom stereocenters. The van der Waals surface area contributed by atoms with Gasteiger partial charge in [-0.15, -0.1) is 0 Å². The Hall–Kier alpha value is -7.56. The molecule has 0 saturated heterocycles. The highest BCUT2D eigenvalue weighted by Gasteiger charge is 2.17. The van der Waals surface area contributed by atoms with Crippen LogP contribution < -0.4 is 0 Å². The summed E-state index contributed by atoms with van der Waals surface area (Å²) >= 11 is 0. The fourth-order valence-electron chi connectivity index (χ4n) is 9.03. The zero-order chi connectivity index (χ0) is 36.7. The summed E-state index contributed by atoms with van der Waals surface area (Å²) in [5, 5.41) is 12.2. The molecule has 56 heavy (non-hydrogen) atoms. The van der Waals surface area contributed by atoms with Crippen molar-refractivity contribution in [3.05, 3.63) is 194 Å². The number of benzene rings is 8. The second-order valence-corrected chi connectivity index (χ2v) is 14.6. The van der Waals surface area contributed by atoms with E-state index in [1.54, 1.807) is 0 Å². The van der Waals surface area contributed by atoms with Crippen molar-refractivity contribution < 1.29 is 0 Å². The summed E-state index contributed by atoms with van der Waals surface area (Å²) < 4.78 is 4.56. The number of hydrogen-bond acceptors (Lipinski definition) is 2. The maximum atomic E-state index is 5.29. The van der Waals surface area contributed by atoms with E-state index in [0.717, 1.165) is 56.2 Å². The monoisotopic (exact) mass is 712 g/mol. The van der Waals surface area contributed by atoms with Crippen LogP contribution in [0.25, 0.3) is 110 Å². The minimum absolute atomic E-state index is 0.909. The molecule has 0 aliphatic carbocycles. The van der Waals surface area contributed by atoms with Crippen molar-refractivity contribution in [2.24, 2.45) is 0 Å². The molecule has 4 aromatic heterocycles. The number of rotatable bonds is 4. The minimum Gasteiger partial charge on any atom is -0.294 e. The zero-order valence-corrected chi connectivity index (χ0v) is 30.3. The number of nitrogens with zero attached hydrogens (tertiary/aromatic N) is 4. The largest absolute Gasteiger partial charge is 0.294 e. The lowest BCUT2D eigenvalue weighted by Crippen LogP contribution is -1.98. The molecule has 0 radical (unpaired) electrons. The average Bonchev–Trinajstić information content (AvgIpc) is 3.79. The van der Waals surface area contributed by atoms with Crippen LogP contribution in [-0.2, 0) is 0 Å². The maximum absolute atomic E-state index is 5.29. The molecular weight excluding hydrogens is 681 g/mol. The number of hydrogen-bond donors (Lipinski definition) is 0. The van der Waals surface area contributed by atoms with E-state index in [4.69, 9.17) is 9.97 Å². The molecule has 0 bridgehead atoms. The predicted octanol–water partition coefficient (Wildman–Crippen LogP) is 13.5. The van der Waals surface area contributed by atoms with E-state index in [1.807, 2.05) is 0 Å². The van der Waals surface area contributed by atoms with Gasteiger partial charge in [-0.3, -0.25) is 9.13 Å². The van der Waals surface area contributed by atoms with Crippen LogP contribution >= 0.6 is 0 Å². The zero-order valence-electron chi connectivity index (χ0n) is 30.3. The van der Waals surface area contributed by atoms with Gasteiger partial charge in [-0.25, -0.2) is 9.97 Å². The van der Waals surface area contributed by atoms with E-state index in [0.29, 0.717) is 0 Å². The van der Waals surface area contributed by atoms with E-state index in [9.17, 15) is 0 Å². The molecule has 0 aliphatic heterocycles. The molecule has 0 saturated carbocycles. The lowest BCUT2D eigenvalue weighted by atomic mass is 9.91. The van der Waals surface area contributed by atoms with Gasteiger partial charge in [0.1, 0.15) is 11.6 Å². The van der Waals surface area contributed by atoms with Gasteiger partial charge in [0.05, 0.1) is 33.5 Å². The van der Waals surface area contributed by atoms with E-state index < -0.39 is 0 Å². The molecular formula is C52H32N4. The SMILES string of the molecule is c1cc(-c2ccc3c4ccc(-c5cccc(-n6c7ccccc7c7ccccc76)n5)cc4c4ccccc4c3c2)nc(-n2c3ccccc3c3ccccc32)c1. The van der Waals surface area contributed by atoms with Crippen molar-refractivity contribution in [3.63, 3.8) is 0 Å². The van der Waals surface area contributed by atoms with Gasteiger partial charge in [-0.1, -0.05) is 133 Å². The molecule has 4 nitrogen and oxygen atoms in total. The second kappa shape index (κ2) is 12.0. The normalized spacial score (nSPS) is 11.9. The van der Waals surface area contributed by atoms with E-state index >= 15 is 0 Å². The van der Waals surface area contributed by atoms with Crippen LogP contribution in [0.5, 0.6) is 0 Å². The fourth-order valence-corrected chi connectivity index (χ4v) is 9.03. The minimum atomic E-state index is 0.909. The Morgan fingerprint density at radius 3 is 0.946 bits per heavy atom. The first-order chi connectivity index (χ1) is 27.8. The van der Waals surface area contributed by atoms with Crippen LogP contribution in [0.3, 0.4) is 0 Å². The van der Waals surface area contributed by atoms with Crippen LogP contribution in [0, 0.1) is 0 Å². The highest BCUT2D eigenvalue weighted by atomic mass is 15.1. The molecule has 4 heteroatoms. The highest BCUT2D eigenvalue weighted by Crippen LogP contribution is 2.40. The lowest BCUT2D eigenvalue weighted by molar-refractivity contribution is 1.08. The van der Waals surface area contributed by atoms with Crippen molar-refractivity contribution in [2.75, 3.05) is 0 Å². The van der Waals surface area contributed by atoms with Gasteiger partial charge < -0.3 is 0 Å². The third-order valence-corrected chi connectivity index (χ3v) is 11.5. The Labute approximate surface area is 322 Å². The van der Waals surface area contributed by atoms with Gasteiger partial charge >= 0.3 is 0 Å². The average molecular weight is 713 g/mol. The van der Waals surface area contributed by atoms with E-state index in [1.165, 1.54) is 53.9 Å². The van der Waals surface area contributed by atoms with Crippen molar-refractivity contribution in [3.8, 4) is 34.2 Å². The first-order valence-electron chi connectivity index (χ1n) is 19.1. The van der Waals surface area contributed by atoms with Crippen molar-refractivity contribution in [1.82, 2.24) is 19.1 Å². The molecule has 12 rings (SSSR count). The van der Waals surface area contributed by atoms with Gasteiger partial charge in [0, 0.05) is 32.7 Å². The van der Waals surface area contributed by atoms with Crippen LogP contribution in [0.2, 0.25) is 0 Å². The van der Waals surface area contributed by atoms with Crippen LogP contribution in [0.15, 0.2) is 194 Å². The first kappa shape index (κ1) is 30.9. The topological polar surface area (TPSA) is 35.6 Å². The van der Waals surface area contributed by atoms with E-state index in [-0.39, 0.29) is 0 Å². The molecule has 0 N–H and O–H groups in total. The summed E-state index contributed by atoms with van der Waals surface area (Å²) in [5.74, 6) is 1.82. The molecule has 0 unspecified atom stereocenters. The predicted molar refractivity (Wildman–Crippen MR) is 234 cm³/mol. The standard InChI is InChI=1S/C52H32N4/c1-2-14-36-35(13-1)43-31-33(45-19-11-25-51(53-45)55-47-21-7-3-15-39(47)40-16-4-8-22-48(40)55)27-29-37(43)38-30-28-34(32-44(36)38)46-20-12-26-52(54-46)56-49-23-9-5-17-41(49)42-18-6-10-24-50(42)56/h1-32H. The number of aromatic nitrogens is 4. The fraction of sp³-hybridized carbons (Fsp3) is 0. The molecule has 8 aromatic carbocycles. The Balaban J connectivity index is 0.994. The lowest BCUT2D eigenvalue weighted by Gasteiger charge is -2.14. The Bertz CT molecular complexity index is 3190. The summed E-state index contributed by atoms with van der Waals surface area (Å²) in [4.78, 5) is 10.6. The van der Waals surface area contributed by atoms with Crippen LogP contribution in [0.4, 0.5) is 0 Å². The highest BCUT2D eigenvalue weighted by molar-refractivity contribution is 6.26. The molecule has 260 valence electrons. The van der Waals surface area contributed by atoms with Gasteiger partial charge in [-0.05, 0) is 93.0 Å². The smallest absolute Gasteiger partial charge is 0.138 e. The Morgan fingerprint density at radius 1 is 0.250 bits per heavy atom. The van der Waals surface area contributed by atoms with Gasteiger partial charge in [0.2, 0.25) is 0 Å². The molecule has 12 aromatic rings. The summed E-state index contributed by atoms with van der Waals surface area (Å²) in [7, 11) is 0. The first-order valence-corrected chi connectivity index (χ1v) is 19.1. The van der Waals surface area contributed by atoms with E-state index in [2.05, 4.69) is 203 Å². The Kier molecular flexibility index (Phi) is 6.60. The quantitative estimate of drug-likeness (QED) is 0.170. The molecule has 4 heterocycles. The third-order valence-electron chi connectivity index (χ3n) is 11.5. The Morgan fingerprint density at radius 2 is 0.571 bits per heavy atom. The number of para-hydroxylation sites is 4. The van der Waals surface area contributed by atoms with Crippen LogP contribution in [0.1, 0.15) is 0 Å². The van der Waals surface area contributed by atoms with Crippen LogP contribution in [-0.4, -0.2) is 19.1 Å². The molecule has 0 amide bonds. The van der Waals surface area contributed by atoms with Gasteiger partial charge in [-0.2, -0.15) is 0 Å². The number of pyridine rings is 2. The van der Waals surface area contributed by atoms with Gasteiger partial charge in [0.25, 0.3) is 0 Å². The maximum Gasteiger partial charge on any atom is 0.138 e. The molecule has 0 fully saturated rings. The third kappa shape index (κ3) is 4.53. The summed E-state index contributed by atoms with van der Waals surface area (Å²) in [6, 6.07) is 69.4. The summed E-state index contributed by atoms with van der Waals surface area (Å²) in [6.07, 6.45) is 0. The molecule has 0 spiro atoms. The second-order valence-electron chi connectivity index (χ2n) is 14.6. The van der Waals surface area contributed by atoms with Crippen molar-refractivity contribution in [2.45, 2.75) is 0 Å². The molecule has 0 aliphatic rings. The summed E-state index contributed by atoms with van der Waals surface area (Å²) in [5.41, 5.74) is 8.69. The number of fused-ring (bicyclic) bond motifs is 12. The van der Waals surface area contributed by atoms with Gasteiger partial charge in [0.15, 0.2) is 0 Å².